The molecular formula is C19H42BO3Si3. The number of ketones is 2. The van der Waals surface area contributed by atoms with Crippen LogP contribution in [0.25, 0.3) is 0 Å². The third kappa shape index (κ3) is 17.2. The van der Waals surface area contributed by atoms with E-state index in [1.54, 1.807) is 6.92 Å². The molecule has 0 unspecified atom stereocenters. The number of rotatable bonds is 8. The van der Waals surface area contributed by atoms with Crippen LogP contribution in [0.4, 0.5) is 0 Å². The lowest BCUT2D eigenvalue weighted by atomic mass is 10.1. The van der Waals surface area contributed by atoms with Gasteiger partial charge in [0, 0.05) is 32.6 Å². The first-order valence-electron chi connectivity index (χ1n) is 9.11. The topological polar surface area (TPSA) is 54.4 Å². The van der Waals surface area contributed by atoms with Crippen molar-refractivity contribution in [3.8, 4) is 0 Å². The third-order valence-corrected chi connectivity index (χ3v) is 8.32. The SMILES string of the molecule is C=C(C[Si](C)(C)C)C(C)=O.CC(=O)C(O)(C[Si](C)(C)C)C[Si](C)(C)C.[B]. The molecule has 0 aliphatic rings. The van der Waals surface area contributed by atoms with Crippen LogP contribution in [0.15, 0.2) is 12.2 Å². The second-order valence-corrected chi connectivity index (χ2v) is 27.4. The molecule has 0 bridgehead atoms. The van der Waals surface area contributed by atoms with Gasteiger partial charge in [0.1, 0.15) is 5.60 Å². The number of allylic oxidation sites excluding steroid dienone is 1. The minimum Gasteiger partial charge on any atom is -0.383 e. The highest BCUT2D eigenvalue weighted by Crippen LogP contribution is 2.30. The molecular weight excluding hydrogens is 371 g/mol. The summed E-state index contributed by atoms with van der Waals surface area (Å²) in [6.45, 7) is 26.7. The Morgan fingerprint density at radius 2 is 1.12 bits per heavy atom. The molecule has 151 valence electrons. The van der Waals surface area contributed by atoms with E-state index in [0.717, 1.165) is 11.6 Å². The standard InChI is InChI=1S/C11H26O2Si2.C8H16OSi.B/c1-10(12)11(13,8-14(2,3)4)9-15(5,6)7;1-7(8(2)9)6-10(3,4)5;/h13H,8-9H2,1-7H3;1,6H2,2-5H3;. The Morgan fingerprint density at radius 1 is 0.808 bits per heavy atom. The maximum atomic E-state index is 11.6. The fourth-order valence-electron chi connectivity index (χ4n) is 2.83. The molecule has 0 amide bonds. The van der Waals surface area contributed by atoms with Gasteiger partial charge < -0.3 is 5.11 Å². The zero-order chi connectivity index (χ0) is 20.9. The normalized spacial score (nSPS) is 12.5. The van der Waals surface area contributed by atoms with Crippen molar-refractivity contribution in [2.75, 3.05) is 0 Å². The van der Waals surface area contributed by atoms with Gasteiger partial charge in [0.05, 0.1) is 0 Å². The third-order valence-electron chi connectivity index (χ3n) is 3.54. The van der Waals surface area contributed by atoms with Crippen LogP contribution >= 0.6 is 0 Å². The molecule has 3 radical (unpaired) electrons. The minimum absolute atomic E-state index is 0. The molecule has 0 rings (SSSR count). The van der Waals surface area contributed by atoms with E-state index in [1.807, 2.05) is 0 Å². The van der Waals surface area contributed by atoms with Crippen molar-refractivity contribution in [3.05, 3.63) is 12.2 Å². The fourth-order valence-corrected chi connectivity index (χ4v) is 8.87. The molecule has 0 heterocycles. The summed E-state index contributed by atoms with van der Waals surface area (Å²) in [7, 11) is -3.91. The molecule has 3 nitrogen and oxygen atoms in total. The number of carbonyl (C=O) groups excluding carboxylic acids is 2. The van der Waals surface area contributed by atoms with E-state index >= 15 is 0 Å². The molecule has 0 aromatic heterocycles. The molecule has 0 aliphatic heterocycles. The van der Waals surface area contributed by atoms with Crippen LogP contribution < -0.4 is 0 Å². The summed E-state index contributed by atoms with van der Waals surface area (Å²) in [4.78, 5) is 22.4. The molecule has 26 heavy (non-hydrogen) atoms. The number of carbonyl (C=O) groups is 2. The Balaban J connectivity index is -0.000000422. The van der Waals surface area contributed by atoms with E-state index in [-0.39, 0.29) is 20.0 Å². The molecule has 0 aliphatic carbocycles. The first-order valence-corrected chi connectivity index (χ1v) is 20.2. The van der Waals surface area contributed by atoms with Gasteiger partial charge in [0.25, 0.3) is 0 Å². The molecule has 0 aromatic rings. The molecule has 0 spiro atoms. The number of hydrogen-bond donors (Lipinski definition) is 1. The zero-order valence-corrected chi connectivity index (χ0v) is 22.2. The molecule has 1 N–H and O–H groups in total. The van der Waals surface area contributed by atoms with Crippen molar-refractivity contribution in [1.29, 1.82) is 0 Å². The van der Waals surface area contributed by atoms with Crippen LogP contribution in [-0.2, 0) is 9.59 Å². The van der Waals surface area contributed by atoms with Crippen LogP contribution in [0.2, 0.25) is 77.1 Å². The predicted octanol–water partition coefficient (Wildman–Crippen LogP) is 5.07. The summed E-state index contributed by atoms with van der Waals surface area (Å²) in [5, 5.41) is 10.5. The monoisotopic (exact) mass is 413 g/mol. The molecule has 0 saturated heterocycles. The Hall–Kier alpha value is -0.244. The second kappa shape index (κ2) is 10.9. The summed E-state index contributed by atoms with van der Waals surface area (Å²) < 4.78 is 0. The van der Waals surface area contributed by atoms with E-state index in [1.165, 1.54) is 6.92 Å². The van der Waals surface area contributed by atoms with Gasteiger partial charge in [-0.1, -0.05) is 65.5 Å². The number of hydrogen-bond acceptors (Lipinski definition) is 3. The van der Waals surface area contributed by atoms with Crippen molar-refractivity contribution in [2.45, 2.75) is 96.5 Å². The molecule has 0 aromatic carbocycles. The van der Waals surface area contributed by atoms with Gasteiger partial charge in [-0.05, 0) is 37.6 Å². The van der Waals surface area contributed by atoms with Crippen LogP contribution in [0.5, 0.6) is 0 Å². The van der Waals surface area contributed by atoms with Crippen LogP contribution in [-0.4, -0.2) is 54.9 Å². The average molecular weight is 414 g/mol. The largest absolute Gasteiger partial charge is 0.383 e. The van der Waals surface area contributed by atoms with Crippen molar-refractivity contribution in [1.82, 2.24) is 0 Å². The van der Waals surface area contributed by atoms with E-state index in [9.17, 15) is 14.7 Å². The smallest absolute Gasteiger partial charge is 0.160 e. The summed E-state index contributed by atoms with van der Waals surface area (Å²) in [6.07, 6.45) is 0. The lowest BCUT2D eigenvalue weighted by molar-refractivity contribution is -0.131. The zero-order valence-electron chi connectivity index (χ0n) is 19.2. The van der Waals surface area contributed by atoms with Gasteiger partial charge in [-0.2, -0.15) is 0 Å². The Bertz CT molecular complexity index is 468. The number of Topliss-reactive ketones (excluding diaryl/α,β-unsaturated/α-hetero) is 2. The van der Waals surface area contributed by atoms with Crippen molar-refractivity contribution < 1.29 is 14.7 Å². The maximum Gasteiger partial charge on any atom is 0.160 e. The Labute approximate surface area is 167 Å². The molecule has 0 atom stereocenters. The Kier molecular flexibility index (Phi) is 12.8. The van der Waals surface area contributed by atoms with Crippen LogP contribution in [0.1, 0.15) is 13.8 Å². The lowest BCUT2D eigenvalue weighted by Gasteiger charge is -2.35. The maximum absolute atomic E-state index is 11.6. The van der Waals surface area contributed by atoms with Crippen molar-refractivity contribution in [3.63, 3.8) is 0 Å². The van der Waals surface area contributed by atoms with Gasteiger partial charge in [-0.25, -0.2) is 0 Å². The first-order chi connectivity index (χ1) is 10.7. The highest BCUT2D eigenvalue weighted by atomic mass is 28.3. The van der Waals surface area contributed by atoms with Gasteiger partial charge in [0.15, 0.2) is 11.6 Å². The van der Waals surface area contributed by atoms with Gasteiger partial charge in [-0.15, -0.1) is 0 Å². The van der Waals surface area contributed by atoms with E-state index in [2.05, 4.69) is 65.5 Å². The van der Waals surface area contributed by atoms with E-state index in [4.69, 9.17) is 0 Å². The number of aliphatic hydroxyl groups is 1. The second-order valence-electron chi connectivity index (χ2n) is 11.0. The lowest BCUT2D eigenvalue weighted by Crippen LogP contribution is -2.48. The quantitative estimate of drug-likeness (QED) is 0.446. The summed E-state index contributed by atoms with van der Waals surface area (Å²) >= 11 is 0. The van der Waals surface area contributed by atoms with Crippen LogP contribution in [0.3, 0.4) is 0 Å². The van der Waals surface area contributed by atoms with Gasteiger partial charge in [0.2, 0.25) is 0 Å². The van der Waals surface area contributed by atoms with Crippen LogP contribution in [0, 0.1) is 0 Å². The molecule has 0 fully saturated rings. The summed E-state index contributed by atoms with van der Waals surface area (Å²) in [5.74, 6) is 0.0924. The summed E-state index contributed by atoms with van der Waals surface area (Å²) in [6, 6.07) is 2.32. The first kappa shape index (κ1) is 30.5. The van der Waals surface area contributed by atoms with E-state index in [0.29, 0.717) is 12.1 Å². The van der Waals surface area contributed by atoms with Gasteiger partial charge >= 0.3 is 0 Å². The highest BCUT2D eigenvalue weighted by Gasteiger charge is 2.40. The van der Waals surface area contributed by atoms with Crippen molar-refractivity contribution >= 4 is 44.2 Å². The molecule has 0 saturated carbocycles. The molecule has 7 heteroatoms. The summed E-state index contributed by atoms with van der Waals surface area (Å²) in [5.41, 5.74) is -0.256. The highest BCUT2D eigenvalue weighted by molar-refractivity contribution is 6.78. The average Bonchev–Trinajstić information content (AvgIpc) is 2.21. The minimum atomic E-state index is -1.40. The van der Waals surface area contributed by atoms with E-state index < -0.39 is 29.8 Å². The van der Waals surface area contributed by atoms with Gasteiger partial charge in [-0.3, -0.25) is 9.59 Å². The predicted molar refractivity (Wildman–Crippen MR) is 126 cm³/mol. The fraction of sp³-hybridized carbons (Fsp3) is 0.789. The van der Waals surface area contributed by atoms with Crippen molar-refractivity contribution in [2.24, 2.45) is 0 Å². The Morgan fingerprint density at radius 3 is 1.23 bits per heavy atom.